The quantitative estimate of drug-likeness (QED) is 0.368. The molecule has 0 unspecified atom stereocenters. The second-order valence-electron chi connectivity index (χ2n) is 9.44. The summed E-state index contributed by atoms with van der Waals surface area (Å²) in [6, 6.07) is 3.07. The Bertz CT molecular complexity index is 944. The molecular formula is C22H33Cl2N3O4S2. The Labute approximate surface area is 210 Å². The zero-order chi connectivity index (χ0) is 24.4. The van der Waals surface area contributed by atoms with Crippen LogP contribution in [0.5, 0.6) is 5.75 Å². The minimum Gasteiger partial charge on any atom is -0.598 e. The van der Waals surface area contributed by atoms with Crippen LogP contribution >= 0.6 is 23.2 Å². The van der Waals surface area contributed by atoms with Crippen molar-refractivity contribution in [3.63, 3.8) is 0 Å². The molecule has 0 aliphatic carbocycles. The minimum atomic E-state index is -3.30. The van der Waals surface area contributed by atoms with Gasteiger partial charge in [0.2, 0.25) is 10.0 Å². The van der Waals surface area contributed by atoms with Gasteiger partial charge in [0.15, 0.2) is 0 Å². The van der Waals surface area contributed by atoms with Crippen LogP contribution in [-0.2, 0) is 21.4 Å². The van der Waals surface area contributed by atoms with Crippen molar-refractivity contribution in [3.8, 4) is 5.75 Å². The van der Waals surface area contributed by atoms with Crippen LogP contribution < -0.4 is 14.8 Å². The predicted molar refractivity (Wildman–Crippen MR) is 136 cm³/mol. The number of nitrogens with one attached hydrogen (secondary N) is 2. The molecule has 2 N–H and O–H groups in total. The Morgan fingerprint density at radius 1 is 1.30 bits per heavy atom. The molecule has 33 heavy (non-hydrogen) atoms. The monoisotopic (exact) mass is 537 g/mol. The van der Waals surface area contributed by atoms with Crippen molar-refractivity contribution in [2.45, 2.75) is 49.7 Å². The maximum Gasteiger partial charge on any atom is 0.219 e. The van der Waals surface area contributed by atoms with Crippen LogP contribution in [0.1, 0.15) is 45.2 Å². The van der Waals surface area contributed by atoms with Gasteiger partial charge >= 0.3 is 0 Å². The summed E-state index contributed by atoms with van der Waals surface area (Å²) in [7, 11) is -3.30. The first-order chi connectivity index (χ1) is 15.4. The Kier molecular flexibility index (Phi) is 9.05. The molecule has 0 bridgehead atoms. The molecule has 2 aliphatic heterocycles. The zero-order valence-electron chi connectivity index (χ0n) is 19.3. The first-order valence-electron chi connectivity index (χ1n) is 11.1. The molecular weight excluding hydrogens is 505 g/mol. The predicted octanol–water partition coefficient (Wildman–Crippen LogP) is 3.66. The van der Waals surface area contributed by atoms with Crippen LogP contribution in [0.2, 0.25) is 10.0 Å². The van der Waals surface area contributed by atoms with Gasteiger partial charge in [0.25, 0.3) is 0 Å². The second kappa shape index (κ2) is 11.0. The van der Waals surface area contributed by atoms with Crippen LogP contribution in [0.15, 0.2) is 24.8 Å². The van der Waals surface area contributed by atoms with Crippen LogP contribution in [-0.4, -0.2) is 60.1 Å². The lowest BCUT2D eigenvalue weighted by Gasteiger charge is -2.40. The molecule has 0 amide bonds. The summed E-state index contributed by atoms with van der Waals surface area (Å²) in [6.07, 6.45) is 2.89. The highest BCUT2D eigenvalue weighted by atomic mass is 35.5. The van der Waals surface area contributed by atoms with E-state index in [0.29, 0.717) is 54.8 Å². The van der Waals surface area contributed by atoms with Crippen molar-refractivity contribution in [1.82, 2.24) is 14.3 Å². The summed E-state index contributed by atoms with van der Waals surface area (Å²) >= 11 is 11.3. The van der Waals surface area contributed by atoms with Crippen molar-refractivity contribution >= 4 is 44.6 Å². The number of sulfonamides is 1. The molecule has 2 saturated heterocycles. The summed E-state index contributed by atoms with van der Waals surface area (Å²) in [5.41, 5.74) is 0.758. The molecule has 0 radical (unpaired) electrons. The van der Waals surface area contributed by atoms with Gasteiger partial charge in [0.05, 0.1) is 16.1 Å². The normalized spacial score (nSPS) is 20.8. The highest BCUT2D eigenvalue weighted by Gasteiger charge is 2.41. The van der Waals surface area contributed by atoms with E-state index < -0.39 is 26.1 Å². The highest BCUT2D eigenvalue weighted by molar-refractivity contribution is 7.90. The zero-order valence-corrected chi connectivity index (χ0v) is 22.4. The van der Waals surface area contributed by atoms with E-state index in [4.69, 9.17) is 27.9 Å². The minimum absolute atomic E-state index is 0.0330. The average Bonchev–Trinajstić information content (AvgIpc) is 2.70. The maximum absolute atomic E-state index is 13.1. The van der Waals surface area contributed by atoms with Gasteiger partial charge in [-0.15, -0.1) is 4.72 Å². The summed E-state index contributed by atoms with van der Waals surface area (Å²) in [6.45, 7) is 11.5. The number of benzene rings is 1. The van der Waals surface area contributed by atoms with E-state index in [-0.39, 0.29) is 23.8 Å². The maximum atomic E-state index is 13.1. The first kappa shape index (κ1) is 27.1. The number of rotatable bonds is 9. The number of ether oxygens (including phenoxy) is 1. The van der Waals surface area contributed by atoms with Crippen molar-refractivity contribution in [2.24, 2.45) is 5.92 Å². The van der Waals surface area contributed by atoms with Gasteiger partial charge in [-0.1, -0.05) is 35.9 Å². The Hall–Kier alpha value is -0.520. The number of nitrogens with zero attached hydrogens (tertiary/aromatic N) is 1. The second-order valence-corrected chi connectivity index (χ2v) is 14.5. The van der Waals surface area contributed by atoms with E-state index in [1.807, 2.05) is 20.8 Å². The number of piperidine rings is 1. The molecule has 3 rings (SSSR count). The molecule has 1 aromatic carbocycles. The Morgan fingerprint density at radius 2 is 1.91 bits per heavy atom. The van der Waals surface area contributed by atoms with Gasteiger partial charge < -0.3 is 14.6 Å². The molecule has 0 saturated carbocycles. The summed E-state index contributed by atoms with van der Waals surface area (Å²) in [4.78, 5) is 0. The van der Waals surface area contributed by atoms with Crippen molar-refractivity contribution in [2.75, 3.05) is 32.8 Å². The summed E-state index contributed by atoms with van der Waals surface area (Å²) in [5, 5.41) is 3.43. The van der Waals surface area contributed by atoms with Gasteiger partial charge in [-0.05, 0) is 45.6 Å². The fraction of sp³-hybridized carbons (Fsp3) is 0.636. The molecule has 11 heteroatoms. The lowest BCUT2D eigenvalue weighted by atomic mass is 9.86. The van der Waals surface area contributed by atoms with Crippen LogP contribution in [0.3, 0.4) is 0 Å². The standard InChI is InChI=1S/C22H33Cl2N3O4S2/c1-5-10-31-20-12-19(24)18(23)11-17(20)21(26-32(28)22(2,3)4)15-6-8-27(9-7-15)33(29,30)16-13-25-14-16/h5,11-12,15-16,21,25-26H,1,6-10,13-14H2,2-4H3/t21-,32+/m1/s1. The topological polar surface area (TPSA) is 93.7 Å². The SMILES string of the molecule is C=CCOc1cc(Cl)c(Cl)cc1[C@H](N[S@@+]([O-])C(C)(C)C)C1CCN(S(=O)(=O)C2CNC2)CC1. The molecule has 2 fully saturated rings. The smallest absolute Gasteiger partial charge is 0.219 e. The number of hydrogen-bond donors (Lipinski definition) is 2. The third-order valence-electron chi connectivity index (χ3n) is 6.03. The molecule has 2 atom stereocenters. The summed E-state index contributed by atoms with van der Waals surface area (Å²) < 4.78 is 49.0. The van der Waals surface area contributed by atoms with Gasteiger partial charge in [0, 0.05) is 49.2 Å². The molecule has 7 nitrogen and oxygen atoms in total. The van der Waals surface area contributed by atoms with E-state index >= 15 is 0 Å². The Morgan fingerprint density at radius 3 is 2.42 bits per heavy atom. The molecule has 0 spiro atoms. The molecule has 2 heterocycles. The van der Waals surface area contributed by atoms with E-state index in [0.717, 1.165) is 5.56 Å². The van der Waals surface area contributed by atoms with Gasteiger partial charge in [-0.2, -0.15) is 0 Å². The fourth-order valence-corrected chi connectivity index (χ4v) is 6.94. The third kappa shape index (κ3) is 6.38. The highest BCUT2D eigenvalue weighted by Crippen LogP contribution is 2.41. The number of halogens is 2. The van der Waals surface area contributed by atoms with Gasteiger partial charge in [-0.3, -0.25) is 0 Å². The fourth-order valence-electron chi connectivity index (χ4n) is 3.91. The third-order valence-corrected chi connectivity index (χ3v) is 10.6. The van der Waals surface area contributed by atoms with E-state index in [2.05, 4.69) is 16.6 Å². The van der Waals surface area contributed by atoms with Crippen LogP contribution in [0.25, 0.3) is 0 Å². The van der Waals surface area contributed by atoms with Gasteiger partial charge in [-0.25, -0.2) is 12.7 Å². The van der Waals surface area contributed by atoms with E-state index in [1.165, 1.54) is 0 Å². The summed E-state index contributed by atoms with van der Waals surface area (Å²) in [5.74, 6) is 0.578. The lowest BCUT2D eigenvalue weighted by Crippen LogP contribution is -2.57. The van der Waals surface area contributed by atoms with Crippen LogP contribution in [0.4, 0.5) is 0 Å². The Balaban J connectivity index is 1.88. The molecule has 2 aliphatic rings. The lowest BCUT2D eigenvalue weighted by molar-refractivity contribution is 0.230. The van der Waals surface area contributed by atoms with Gasteiger partial charge in [0.1, 0.15) is 22.4 Å². The molecule has 0 aromatic heterocycles. The largest absolute Gasteiger partial charge is 0.598 e. The number of hydrogen-bond acceptors (Lipinski definition) is 6. The average molecular weight is 539 g/mol. The molecule has 1 aromatic rings. The van der Waals surface area contributed by atoms with E-state index in [1.54, 1.807) is 22.5 Å². The van der Waals surface area contributed by atoms with Crippen LogP contribution in [0, 0.1) is 5.92 Å². The van der Waals surface area contributed by atoms with Crippen molar-refractivity contribution in [3.05, 3.63) is 40.4 Å². The first-order valence-corrected chi connectivity index (χ1v) is 14.5. The molecule has 186 valence electrons. The van der Waals surface area contributed by atoms with Crippen molar-refractivity contribution in [1.29, 1.82) is 0 Å². The van der Waals surface area contributed by atoms with Crippen molar-refractivity contribution < 1.29 is 17.7 Å². The van der Waals surface area contributed by atoms with E-state index in [9.17, 15) is 13.0 Å².